The highest BCUT2D eigenvalue weighted by molar-refractivity contribution is 9.10. The summed E-state index contributed by atoms with van der Waals surface area (Å²) in [5.41, 5.74) is 4.31. The van der Waals surface area contributed by atoms with Crippen LogP contribution in [0.2, 0.25) is 0 Å². The molecule has 0 amide bonds. The van der Waals surface area contributed by atoms with E-state index < -0.39 is 0 Å². The average molecular weight is 597 g/mol. The van der Waals surface area contributed by atoms with Crippen LogP contribution in [-0.4, -0.2) is 57.6 Å². The summed E-state index contributed by atoms with van der Waals surface area (Å²) in [7, 11) is 3.60. The van der Waals surface area contributed by atoms with E-state index in [0.29, 0.717) is 25.2 Å². The third-order valence-electron chi connectivity index (χ3n) is 10.8. The minimum atomic E-state index is -0.0322. The van der Waals surface area contributed by atoms with Gasteiger partial charge in [-0.2, -0.15) is 0 Å². The van der Waals surface area contributed by atoms with Gasteiger partial charge in [-0.15, -0.1) is 0 Å². The number of ether oxygens (including phenoxy) is 4. The van der Waals surface area contributed by atoms with Gasteiger partial charge in [0.1, 0.15) is 6.10 Å². The lowest BCUT2D eigenvalue weighted by molar-refractivity contribution is -0.142. The fourth-order valence-corrected chi connectivity index (χ4v) is 9.35. The normalized spacial score (nSPS) is 33.2. The molecule has 2 saturated carbocycles. The van der Waals surface area contributed by atoms with Crippen molar-refractivity contribution in [1.82, 2.24) is 4.90 Å². The van der Waals surface area contributed by atoms with Crippen LogP contribution in [0.1, 0.15) is 61.6 Å². The molecule has 6 heteroatoms. The minimum absolute atomic E-state index is 0.0286. The van der Waals surface area contributed by atoms with Crippen LogP contribution in [0.3, 0.4) is 0 Å². The Balaban J connectivity index is 1.24. The fraction of sp³-hybridized carbons (Fsp3) is 0.636. The molecule has 5 nitrogen and oxygen atoms in total. The van der Waals surface area contributed by atoms with Crippen LogP contribution in [0.15, 0.2) is 40.9 Å². The molecule has 2 bridgehead atoms. The predicted octanol–water partition coefficient (Wildman–Crippen LogP) is 6.54. The number of rotatable bonds is 9. The summed E-state index contributed by atoms with van der Waals surface area (Å²) >= 11 is 3.54. The molecule has 0 radical (unpaired) electrons. The van der Waals surface area contributed by atoms with E-state index in [1.807, 2.05) is 7.11 Å². The Labute approximate surface area is 241 Å². The second-order valence-electron chi connectivity index (χ2n) is 12.8. The maximum atomic E-state index is 6.91. The van der Waals surface area contributed by atoms with Crippen molar-refractivity contribution in [1.29, 1.82) is 0 Å². The first-order valence-electron chi connectivity index (χ1n) is 15.0. The van der Waals surface area contributed by atoms with E-state index >= 15 is 0 Å². The van der Waals surface area contributed by atoms with Gasteiger partial charge in [0, 0.05) is 47.2 Å². The van der Waals surface area contributed by atoms with Gasteiger partial charge < -0.3 is 18.9 Å². The summed E-state index contributed by atoms with van der Waals surface area (Å²) in [4.78, 5) is 2.91. The van der Waals surface area contributed by atoms with Crippen LogP contribution in [0.4, 0.5) is 0 Å². The van der Waals surface area contributed by atoms with Crippen molar-refractivity contribution in [2.75, 3.05) is 40.5 Å². The number of likely N-dealkylation sites (tertiary alicyclic amines) is 1. The molecule has 5 aliphatic rings. The third-order valence-corrected chi connectivity index (χ3v) is 11.3. The first-order valence-corrected chi connectivity index (χ1v) is 15.8. The molecule has 0 N–H and O–H groups in total. The predicted molar refractivity (Wildman–Crippen MR) is 156 cm³/mol. The van der Waals surface area contributed by atoms with E-state index in [1.165, 1.54) is 61.8 Å². The Kier molecular flexibility index (Phi) is 6.98. The topological polar surface area (TPSA) is 40.2 Å². The van der Waals surface area contributed by atoms with Crippen molar-refractivity contribution in [2.45, 2.75) is 75.5 Å². The molecule has 3 aliphatic carbocycles. The Morgan fingerprint density at radius 2 is 1.85 bits per heavy atom. The summed E-state index contributed by atoms with van der Waals surface area (Å²) < 4.78 is 26.2. The van der Waals surface area contributed by atoms with E-state index in [2.05, 4.69) is 57.2 Å². The Hall–Kier alpha value is -1.60. The van der Waals surface area contributed by atoms with Crippen molar-refractivity contribution < 1.29 is 18.9 Å². The number of hydrogen-bond donors (Lipinski definition) is 0. The number of benzene rings is 2. The number of halogens is 1. The summed E-state index contributed by atoms with van der Waals surface area (Å²) in [6, 6.07) is 13.5. The number of piperidine rings is 1. The molecule has 7 rings (SSSR count). The minimum Gasteiger partial charge on any atom is -0.493 e. The van der Waals surface area contributed by atoms with Crippen LogP contribution in [-0.2, 0) is 27.9 Å². The molecule has 2 spiro atoms. The SMILES string of the molecule is COC[C@@H]1Oc2c(OC)ccc3c2[C@@]12CCN(CC1CC1)[C@H](C3)[C@]21CCC[C@@H](COCc2ccc(Br)cc2)C1. The van der Waals surface area contributed by atoms with Gasteiger partial charge in [0.15, 0.2) is 11.5 Å². The molecular formula is C33H42BrNO4. The molecule has 1 saturated heterocycles. The third kappa shape index (κ3) is 4.27. The Bertz CT molecular complexity index is 1200. The van der Waals surface area contributed by atoms with E-state index in [4.69, 9.17) is 18.9 Å². The molecular weight excluding hydrogens is 554 g/mol. The zero-order valence-electron chi connectivity index (χ0n) is 23.4. The van der Waals surface area contributed by atoms with Gasteiger partial charge >= 0.3 is 0 Å². The van der Waals surface area contributed by atoms with E-state index in [-0.39, 0.29) is 16.9 Å². The van der Waals surface area contributed by atoms with Crippen molar-refractivity contribution in [3.8, 4) is 11.5 Å². The lowest BCUT2D eigenvalue weighted by Crippen LogP contribution is -2.71. The smallest absolute Gasteiger partial charge is 0.165 e. The molecule has 3 fully saturated rings. The molecule has 2 aromatic carbocycles. The Morgan fingerprint density at radius 1 is 1.00 bits per heavy atom. The first-order chi connectivity index (χ1) is 19.1. The molecule has 2 aliphatic heterocycles. The molecule has 5 atom stereocenters. The van der Waals surface area contributed by atoms with E-state index in [0.717, 1.165) is 47.9 Å². The van der Waals surface area contributed by atoms with Crippen LogP contribution in [0.25, 0.3) is 0 Å². The number of nitrogens with zero attached hydrogens (tertiary/aromatic N) is 1. The maximum absolute atomic E-state index is 6.91. The van der Waals surface area contributed by atoms with Gasteiger partial charge in [0.25, 0.3) is 0 Å². The Morgan fingerprint density at radius 3 is 2.62 bits per heavy atom. The lowest BCUT2D eigenvalue weighted by atomic mass is 9.42. The van der Waals surface area contributed by atoms with Crippen LogP contribution < -0.4 is 9.47 Å². The van der Waals surface area contributed by atoms with Crippen molar-refractivity contribution >= 4 is 15.9 Å². The average Bonchev–Trinajstić information content (AvgIpc) is 3.70. The van der Waals surface area contributed by atoms with Crippen molar-refractivity contribution in [3.63, 3.8) is 0 Å². The summed E-state index contributed by atoms with van der Waals surface area (Å²) in [5, 5.41) is 0. The quantitative estimate of drug-likeness (QED) is 0.329. The van der Waals surface area contributed by atoms with Gasteiger partial charge in [-0.25, -0.2) is 0 Å². The molecule has 2 aromatic rings. The van der Waals surface area contributed by atoms with Crippen LogP contribution >= 0.6 is 15.9 Å². The zero-order chi connectivity index (χ0) is 26.6. The first kappa shape index (κ1) is 26.3. The zero-order valence-corrected chi connectivity index (χ0v) is 25.0. The molecule has 210 valence electrons. The van der Waals surface area contributed by atoms with Gasteiger partial charge in [0.05, 0.1) is 20.3 Å². The highest BCUT2D eigenvalue weighted by Crippen LogP contribution is 2.69. The summed E-state index contributed by atoms with van der Waals surface area (Å²) in [5.74, 6) is 3.34. The number of methoxy groups -OCH3 is 2. The van der Waals surface area contributed by atoms with Gasteiger partial charge in [0.2, 0.25) is 0 Å². The molecule has 0 unspecified atom stereocenters. The largest absolute Gasteiger partial charge is 0.493 e. The van der Waals surface area contributed by atoms with Gasteiger partial charge in [-0.1, -0.05) is 40.5 Å². The van der Waals surface area contributed by atoms with Crippen molar-refractivity contribution in [3.05, 3.63) is 57.6 Å². The van der Waals surface area contributed by atoms with E-state index in [1.54, 1.807) is 7.11 Å². The van der Waals surface area contributed by atoms with Gasteiger partial charge in [-0.05, 0) is 92.7 Å². The highest BCUT2D eigenvalue weighted by atomic mass is 79.9. The second-order valence-corrected chi connectivity index (χ2v) is 13.7. The monoisotopic (exact) mass is 595 g/mol. The standard InChI is InChI=1S/C33H42BrNO4/c1-36-21-29-33-14-15-35(18-22-5-6-22)28(16-25-9-12-27(37-2)31(39-29)30(25)33)32(33)13-3-4-24(17-32)20-38-19-23-7-10-26(34)11-8-23/h7-12,22,24,28-29H,3-6,13-21H2,1-2H3/t24-,28-,29+,32-,33-/m1/s1. The molecule has 2 heterocycles. The fourth-order valence-electron chi connectivity index (χ4n) is 9.08. The highest BCUT2D eigenvalue weighted by Gasteiger charge is 2.70. The second kappa shape index (κ2) is 10.3. The lowest BCUT2D eigenvalue weighted by Gasteiger charge is -2.66. The summed E-state index contributed by atoms with van der Waals surface area (Å²) in [6.07, 6.45) is 10.1. The summed E-state index contributed by atoms with van der Waals surface area (Å²) in [6.45, 7) is 4.56. The molecule has 0 aromatic heterocycles. The maximum Gasteiger partial charge on any atom is 0.165 e. The van der Waals surface area contributed by atoms with E-state index in [9.17, 15) is 0 Å². The van der Waals surface area contributed by atoms with Crippen LogP contribution in [0, 0.1) is 17.3 Å². The number of hydrogen-bond acceptors (Lipinski definition) is 5. The molecule has 39 heavy (non-hydrogen) atoms. The van der Waals surface area contributed by atoms with Gasteiger partial charge in [-0.3, -0.25) is 4.90 Å². The van der Waals surface area contributed by atoms with Crippen molar-refractivity contribution in [2.24, 2.45) is 17.3 Å². The van der Waals surface area contributed by atoms with Crippen LogP contribution in [0.5, 0.6) is 11.5 Å².